The predicted octanol–water partition coefficient (Wildman–Crippen LogP) is 3.03. The zero-order valence-corrected chi connectivity index (χ0v) is 11.1. The lowest BCUT2D eigenvalue weighted by molar-refractivity contribution is 0.0994. The van der Waals surface area contributed by atoms with Crippen molar-refractivity contribution in [3.8, 4) is 0 Å². The van der Waals surface area contributed by atoms with Crippen molar-refractivity contribution in [3.63, 3.8) is 0 Å². The summed E-state index contributed by atoms with van der Waals surface area (Å²) in [5.74, 6) is -0.0489. The standard InChI is InChI=1S/C16H15N3O/c1-19(12-8-6-11(17)7-9-12)16(20)14-10-18-15-5-3-2-4-13(14)15/h2-10,18H,17H2,1H3. The van der Waals surface area contributed by atoms with E-state index in [2.05, 4.69) is 4.98 Å². The van der Waals surface area contributed by atoms with E-state index in [-0.39, 0.29) is 5.91 Å². The molecule has 0 bridgehead atoms. The molecule has 1 heterocycles. The molecule has 4 nitrogen and oxygen atoms in total. The number of H-pyrrole nitrogens is 1. The van der Waals surface area contributed by atoms with Crippen molar-refractivity contribution < 1.29 is 4.79 Å². The molecule has 1 aromatic heterocycles. The number of amides is 1. The maximum Gasteiger partial charge on any atom is 0.260 e. The number of anilines is 2. The van der Waals surface area contributed by atoms with Crippen LogP contribution < -0.4 is 10.6 Å². The Morgan fingerprint density at radius 3 is 2.55 bits per heavy atom. The van der Waals surface area contributed by atoms with Crippen LogP contribution in [-0.4, -0.2) is 17.9 Å². The Kier molecular flexibility index (Phi) is 2.91. The maximum atomic E-state index is 12.6. The second kappa shape index (κ2) is 4.74. The molecule has 0 spiro atoms. The number of carbonyl (C=O) groups excluding carboxylic acids is 1. The van der Waals surface area contributed by atoms with Gasteiger partial charge in [0.25, 0.3) is 5.91 Å². The van der Waals surface area contributed by atoms with Crippen LogP contribution in [0.2, 0.25) is 0 Å². The number of aromatic nitrogens is 1. The zero-order chi connectivity index (χ0) is 14.1. The minimum Gasteiger partial charge on any atom is -0.399 e. The smallest absolute Gasteiger partial charge is 0.260 e. The molecule has 100 valence electrons. The first-order chi connectivity index (χ1) is 9.66. The Morgan fingerprint density at radius 2 is 1.80 bits per heavy atom. The number of hydrogen-bond donors (Lipinski definition) is 2. The summed E-state index contributed by atoms with van der Waals surface area (Å²) in [6.07, 6.45) is 1.75. The molecule has 4 heteroatoms. The van der Waals surface area contributed by atoms with E-state index in [1.807, 2.05) is 36.4 Å². The third kappa shape index (κ3) is 2.01. The van der Waals surface area contributed by atoms with Crippen LogP contribution in [0.15, 0.2) is 54.7 Å². The molecule has 0 saturated carbocycles. The number of aromatic amines is 1. The van der Waals surface area contributed by atoms with Crippen molar-refractivity contribution in [1.82, 2.24) is 4.98 Å². The molecule has 3 aromatic rings. The summed E-state index contributed by atoms with van der Waals surface area (Å²) >= 11 is 0. The maximum absolute atomic E-state index is 12.6. The van der Waals surface area contributed by atoms with E-state index >= 15 is 0 Å². The van der Waals surface area contributed by atoms with Gasteiger partial charge in [-0.25, -0.2) is 0 Å². The van der Waals surface area contributed by atoms with Gasteiger partial charge in [-0.3, -0.25) is 4.79 Å². The Morgan fingerprint density at radius 1 is 1.10 bits per heavy atom. The van der Waals surface area contributed by atoms with Gasteiger partial charge in [-0.05, 0) is 30.3 Å². The summed E-state index contributed by atoms with van der Waals surface area (Å²) in [6, 6.07) is 15.0. The summed E-state index contributed by atoms with van der Waals surface area (Å²) in [4.78, 5) is 17.3. The van der Waals surface area contributed by atoms with Crippen LogP contribution >= 0.6 is 0 Å². The quantitative estimate of drug-likeness (QED) is 0.700. The molecule has 0 saturated heterocycles. The van der Waals surface area contributed by atoms with Gasteiger partial charge in [0.1, 0.15) is 0 Å². The summed E-state index contributed by atoms with van der Waals surface area (Å²) in [5.41, 5.74) is 8.79. The van der Waals surface area contributed by atoms with E-state index in [1.165, 1.54) is 0 Å². The Balaban J connectivity index is 1.97. The molecule has 0 aliphatic carbocycles. The molecule has 0 radical (unpaired) electrons. The molecule has 1 amide bonds. The molecule has 0 atom stereocenters. The average Bonchev–Trinajstić information content (AvgIpc) is 2.90. The van der Waals surface area contributed by atoms with Crippen LogP contribution in [0.1, 0.15) is 10.4 Å². The molecule has 20 heavy (non-hydrogen) atoms. The molecule has 3 N–H and O–H groups in total. The lowest BCUT2D eigenvalue weighted by Crippen LogP contribution is -2.25. The van der Waals surface area contributed by atoms with Crippen LogP contribution in [0.5, 0.6) is 0 Å². The summed E-state index contributed by atoms with van der Waals surface area (Å²) in [7, 11) is 1.76. The van der Waals surface area contributed by atoms with Gasteiger partial charge in [0.15, 0.2) is 0 Å². The van der Waals surface area contributed by atoms with Gasteiger partial charge in [-0.2, -0.15) is 0 Å². The van der Waals surface area contributed by atoms with Gasteiger partial charge in [-0.15, -0.1) is 0 Å². The third-order valence-corrected chi connectivity index (χ3v) is 3.40. The number of nitrogens with two attached hydrogens (primary N) is 1. The fourth-order valence-electron chi connectivity index (χ4n) is 2.24. The van der Waals surface area contributed by atoms with Crippen molar-refractivity contribution in [2.24, 2.45) is 0 Å². The SMILES string of the molecule is CN(C(=O)c1c[nH]c2ccccc12)c1ccc(N)cc1. The van der Waals surface area contributed by atoms with Crippen LogP contribution in [0.4, 0.5) is 11.4 Å². The monoisotopic (exact) mass is 265 g/mol. The predicted molar refractivity (Wildman–Crippen MR) is 81.9 cm³/mol. The average molecular weight is 265 g/mol. The number of fused-ring (bicyclic) bond motifs is 1. The summed E-state index contributed by atoms with van der Waals surface area (Å²) < 4.78 is 0. The molecule has 0 fully saturated rings. The molecule has 2 aromatic carbocycles. The Hall–Kier alpha value is -2.75. The number of para-hydroxylation sites is 1. The zero-order valence-electron chi connectivity index (χ0n) is 11.1. The highest BCUT2D eigenvalue weighted by atomic mass is 16.2. The van der Waals surface area contributed by atoms with Crippen molar-refractivity contribution in [3.05, 3.63) is 60.3 Å². The first-order valence-corrected chi connectivity index (χ1v) is 6.36. The minimum atomic E-state index is -0.0489. The van der Waals surface area contributed by atoms with Crippen molar-refractivity contribution in [2.45, 2.75) is 0 Å². The van der Waals surface area contributed by atoms with Gasteiger partial charge in [-0.1, -0.05) is 18.2 Å². The van der Waals surface area contributed by atoms with E-state index in [0.717, 1.165) is 16.6 Å². The molecular weight excluding hydrogens is 250 g/mol. The van der Waals surface area contributed by atoms with Crippen LogP contribution in [0.3, 0.4) is 0 Å². The number of nitrogens with zero attached hydrogens (tertiary/aromatic N) is 1. The minimum absolute atomic E-state index is 0.0489. The largest absolute Gasteiger partial charge is 0.399 e. The van der Waals surface area contributed by atoms with Crippen LogP contribution in [0.25, 0.3) is 10.9 Å². The Labute approximate surface area is 116 Å². The number of nitrogens with one attached hydrogen (secondary N) is 1. The van der Waals surface area contributed by atoms with Crippen molar-refractivity contribution in [2.75, 3.05) is 17.7 Å². The number of carbonyl (C=O) groups is 1. The van der Waals surface area contributed by atoms with Gasteiger partial charge in [0.2, 0.25) is 0 Å². The number of rotatable bonds is 2. The molecule has 0 aliphatic rings. The molecule has 0 unspecified atom stereocenters. The normalized spacial score (nSPS) is 10.7. The van der Waals surface area contributed by atoms with Gasteiger partial charge in [0, 0.05) is 35.5 Å². The first-order valence-electron chi connectivity index (χ1n) is 6.36. The second-order valence-electron chi connectivity index (χ2n) is 4.70. The third-order valence-electron chi connectivity index (χ3n) is 3.40. The van der Waals surface area contributed by atoms with E-state index in [1.54, 1.807) is 30.3 Å². The fourth-order valence-corrected chi connectivity index (χ4v) is 2.24. The van der Waals surface area contributed by atoms with Crippen LogP contribution in [-0.2, 0) is 0 Å². The second-order valence-corrected chi connectivity index (χ2v) is 4.70. The first kappa shape index (κ1) is 12.3. The highest BCUT2D eigenvalue weighted by molar-refractivity contribution is 6.13. The van der Waals surface area contributed by atoms with E-state index < -0.39 is 0 Å². The highest BCUT2D eigenvalue weighted by Crippen LogP contribution is 2.22. The molecule has 0 aliphatic heterocycles. The number of hydrogen-bond acceptors (Lipinski definition) is 2. The van der Waals surface area contributed by atoms with Crippen LogP contribution in [0, 0.1) is 0 Å². The molecular formula is C16H15N3O. The van der Waals surface area contributed by atoms with Gasteiger partial charge in [0.05, 0.1) is 5.56 Å². The van der Waals surface area contributed by atoms with Gasteiger partial charge >= 0.3 is 0 Å². The number of nitrogen functional groups attached to an aromatic ring is 1. The molecule has 3 rings (SSSR count). The highest BCUT2D eigenvalue weighted by Gasteiger charge is 2.17. The van der Waals surface area contributed by atoms with Gasteiger partial charge < -0.3 is 15.6 Å². The summed E-state index contributed by atoms with van der Waals surface area (Å²) in [5, 5.41) is 0.930. The Bertz CT molecular complexity index is 759. The fraction of sp³-hybridized carbons (Fsp3) is 0.0625. The lowest BCUT2D eigenvalue weighted by atomic mass is 10.1. The number of benzene rings is 2. The lowest BCUT2D eigenvalue weighted by Gasteiger charge is -2.17. The van der Waals surface area contributed by atoms with E-state index in [0.29, 0.717) is 11.3 Å². The van der Waals surface area contributed by atoms with Crippen molar-refractivity contribution >= 4 is 28.2 Å². The summed E-state index contributed by atoms with van der Waals surface area (Å²) in [6.45, 7) is 0. The van der Waals surface area contributed by atoms with E-state index in [4.69, 9.17) is 5.73 Å². The van der Waals surface area contributed by atoms with E-state index in [9.17, 15) is 4.79 Å². The van der Waals surface area contributed by atoms with Crippen molar-refractivity contribution in [1.29, 1.82) is 0 Å². The topological polar surface area (TPSA) is 62.1 Å².